The molecule has 5 nitrogen and oxygen atoms in total. The molecule has 21 heavy (non-hydrogen) atoms. The third-order valence-corrected chi connectivity index (χ3v) is 3.89. The number of benzene rings is 1. The Morgan fingerprint density at radius 2 is 2.24 bits per heavy atom. The number of fused-ring (bicyclic) bond motifs is 1. The molecule has 0 saturated carbocycles. The van der Waals surface area contributed by atoms with Crippen molar-refractivity contribution in [2.75, 3.05) is 6.61 Å². The molecular weight excluding hydrogens is 266 g/mol. The second-order valence-electron chi connectivity index (χ2n) is 5.56. The van der Waals surface area contributed by atoms with Crippen LogP contribution < -0.4 is 10.5 Å². The first-order valence-corrected chi connectivity index (χ1v) is 7.57. The van der Waals surface area contributed by atoms with Crippen molar-refractivity contribution in [1.29, 1.82) is 0 Å². The molecule has 0 spiro atoms. The van der Waals surface area contributed by atoms with Crippen molar-refractivity contribution < 1.29 is 9.26 Å². The van der Waals surface area contributed by atoms with E-state index in [2.05, 4.69) is 23.1 Å². The fraction of sp³-hybridized carbons (Fsp3) is 0.500. The molecule has 1 aromatic carbocycles. The van der Waals surface area contributed by atoms with Gasteiger partial charge in [-0.15, -0.1) is 0 Å². The van der Waals surface area contributed by atoms with Gasteiger partial charge in [0.1, 0.15) is 5.75 Å². The number of unbranched alkanes of at least 4 members (excludes halogenated alkanes) is 1. The molecule has 112 valence electrons. The van der Waals surface area contributed by atoms with Crippen LogP contribution in [0.4, 0.5) is 0 Å². The zero-order chi connectivity index (χ0) is 14.7. The summed E-state index contributed by atoms with van der Waals surface area (Å²) >= 11 is 0. The summed E-state index contributed by atoms with van der Waals surface area (Å²) in [5.74, 6) is 2.33. The van der Waals surface area contributed by atoms with Crippen LogP contribution in [0.3, 0.4) is 0 Å². The maximum absolute atomic E-state index is 6.07. The smallest absolute Gasteiger partial charge is 0.243 e. The van der Waals surface area contributed by atoms with Crippen LogP contribution in [0, 0.1) is 0 Å². The molecule has 1 aliphatic heterocycles. The lowest BCUT2D eigenvalue weighted by Crippen LogP contribution is -2.20. The first-order valence-electron chi connectivity index (χ1n) is 7.57. The molecule has 0 saturated heterocycles. The fourth-order valence-corrected chi connectivity index (χ4v) is 2.61. The van der Waals surface area contributed by atoms with Gasteiger partial charge < -0.3 is 15.0 Å². The van der Waals surface area contributed by atoms with Crippen LogP contribution in [0.25, 0.3) is 0 Å². The van der Waals surface area contributed by atoms with Gasteiger partial charge in [-0.2, -0.15) is 4.98 Å². The van der Waals surface area contributed by atoms with Gasteiger partial charge in [0.25, 0.3) is 0 Å². The van der Waals surface area contributed by atoms with E-state index in [0.29, 0.717) is 18.3 Å². The Morgan fingerprint density at radius 1 is 1.38 bits per heavy atom. The predicted molar refractivity (Wildman–Crippen MR) is 79.1 cm³/mol. The molecule has 0 bridgehead atoms. The van der Waals surface area contributed by atoms with Crippen LogP contribution in [-0.4, -0.2) is 16.7 Å². The zero-order valence-corrected chi connectivity index (χ0v) is 12.3. The molecule has 0 aliphatic carbocycles. The lowest BCUT2D eigenvalue weighted by molar-refractivity contribution is 0.253. The molecule has 0 radical (unpaired) electrons. The number of hydrogen-bond acceptors (Lipinski definition) is 5. The third kappa shape index (κ3) is 3.08. The van der Waals surface area contributed by atoms with E-state index in [1.807, 2.05) is 18.2 Å². The van der Waals surface area contributed by atoms with E-state index < -0.39 is 0 Å². The number of rotatable bonds is 5. The molecule has 0 amide bonds. The summed E-state index contributed by atoms with van der Waals surface area (Å²) in [6.45, 7) is 2.73. The van der Waals surface area contributed by atoms with E-state index in [1.165, 1.54) is 5.56 Å². The van der Waals surface area contributed by atoms with Crippen molar-refractivity contribution >= 4 is 0 Å². The molecule has 2 atom stereocenters. The quantitative estimate of drug-likeness (QED) is 0.915. The topological polar surface area (TPSA) is 74.2 Å². The van der Waals surface area contributed by atoms with Gasteiger partial charge in [-0.1, -0.05) is 43.1 Å². The van der Waals surface area contributed by atoms with Crippen LogP contribution in [0.5, 0.6) is 5.75 Å². The molecule has 1 aromatic heterocycles. The lowest BCUT2D eigenvalue weighted by Gasteiger charge is -2.22. The van der Waals surface area contributed by atoms with E-state index >= 15 is 0 Å². The average molecular weight is 287 g/mol. The second-order valence-corrected chi connectivity index (χ2v) is 5.56. The summed E-state index contributed by atoms with van der Waals surface area (Å²) < 4.78 is 11.1. The molecular formula is C16H21N3O2. The molecule has 3 rings (SSSR count). The van der Waals surface area contributed by atoms with Gasteiger partial charge in [0, 0.05) is 0 Å². The highest BCUT2D eigenvalue weighted by atomic mass is 16.5. The molecule has 2 N–H and O–H groups in total. The number of ether oxygens (including phenoxy) is 1. The minimum Gasteiger partial charge on any atom is -0.493 e. The molecule has 1 unspecified atom stereocenters. The van der Waals surface area contributed by atoms with Gasteiger partial charge in [-0.25, -0.2) is 0 Å². The van der Waals surface area contributed by atoms with E-state index in [1.54, 1.807) is 0 Å². The number of aromatic nitrogens is 2. The van der Waals surface area contributed by atoms with E-state index in [0.717, 1.165) is 31.4 Å². The number of hydrogen-bond donors (Lipinski definition) is 1. The summed E-state index contributed by atoms with van der Waals surface area (Å²) in [6, 6.07) is 7.91. The monoisotopic (exact) mass is 287 g/mol. The second kappa shape index (κ2) is 6.26. The molecule has 0 fully saturated rings. The van der Waals surface area contributed by atoms with Gasteiger partial charge in [0.2, 0.25) is 5.89 Å². The highest BCUT2D eigenvalue weighted by molar-refractivity contribution is 5.36. The Bertz CT molecular complexity index is 597. The standard InChI is InChI=1S/C16H21N3O2/c1-2-3-7-13(17)16-18-15(19-21-16)12-9-11-6-4-5-8-14(11)20-10-12/h4-6,8,12-13H,2-3,7,9-10,17H2,1H3/t12?,13-/m0/s1. The molecule has 1 aliphatic rings. The minimum absolute atomic E-state index is 0.135. The Morgan fingerprint density at radius 3 is 3.10 bits per heavy atom. The summed E-state index contributed by atoms with van der Waals surface area (Å²) in [5, 5.41) is 4.10. The Balaban J connectivity index is 1.70. The Hall–Kier alpha value is -1.88. The van der Waals surface area contributed by atoms with E-state index in [4.69, 9.17) is 15.0 Å². The Kier molecular flexibility index (Phi) is 4.20. The van der Waals surface area contributed by atoms with Crippen LogP contribution in [0.2, 0.25) is 0 Å². The summed E-state index contributed by atoms with van der Waals surface area (Å²) in [6.07, 6.45) is 3.93. The first-order chi connectivity index (χ1) is 10.3. The van der Waals surface area contributed by atoms with Gasteiger partial charge in [0.15, 0.2) is 5.82 Å². The highest BCUT2D eigenvalue weighted by Gasteiger charge is 2.26. The van der Waals surface area contributed by atoms with Crippen molar-refractivity contribution in [3.63, 3.8) is 0 Å². The zero-order valence-electron chi connectivity index (χ0n) is 12.3. The van der Waals surface area contributed by atoms with Crippen LogP contribution in [-0.2, 0) is 6.42 Å². The molecule has 5 heteroatoms. The Labute approximate surface area is 124 Å². The van der Waals surface area contributed by atoms with Crippen LogP contribution in [0.15, 0.2) is 28.8 Å². The third-order valence-electron chi connectivity index (χ3n) is 3.89. The summed E-state index contributed by atoms with van der Waals surface area (Å²) in [5.41, 5.74) is 7.26. The molecule has 2 aromatic rings. The fourth-order valence-electron chi connectivity index (χ4n) is 2.61. The number of para-hydroxylation sites is 1. The largest absolute Gasteiger partial charge is 0.493 e. The van der Waals surface area contributed by atoms with E-state index in [9.17, 15) is 0 Å². The minimum atomic E-state index is -0.164. The average Bonchev–Trinajstić information content (AvgIpc) is 3.02. The summed E-state index contributed by atoms with van der Waals surface area (Å²) in [4.78, 5) is 4.48. The van der Waals surface area contributed by atoms with Crippen molar-refractivity contribution in [2.45, 2.75) is 44.6 Å². The maximum Gasteiger partial charge on any atom is 0.243 e. The SMILES string of the molecule is CCCC[C@H](N)c1nc(C2COc3ccccc3C2)no1. The first kappa shape index (κ1) is 14.1. The summed E-state index contributed by atoms with van der Waals surface area (Å²) in [7, 11) is 0. The normalized spacial score (nSPS) is 18.9. The number of nitrogens with two attached hydrogens (primary N) is 1. The van der Waals surface area contributed by atoms with Gasteiger partial charge in [-0.05, 0) is 24.5 Å². The van der Waals surface area contributed by atoms with Gasteiger partial charge in [-0.3, -0.25) is 0 Å². The van der Waals surface area contributed by atoms with Crippen molar-refractivity contribution in [1.82, 2.24) is 10.1 Å². The van der Waals surface area contributed by atoms with Crippen LogP contribution in [0.1, 0.15) is 55.4 Å². The van der Waals surface area contributed by atoms with Gasteiger partial charge in [0.05, 0.1) is 18.6 Å². The van der Waals surface area contributed by atoms with Crippen LogP contribution >= 0.6 is 0 Å². The van der Waals surface area contributed by atoms with Crippen molar-refractivity contribution in [3.8, 4) is 5.75 Å². The van der Waals surface area contributed by atoms with E-state index in [-0.39, 0.29) is 12.0 Å². The lowest BCUT2D eigenvalue weighted by atomic mass is 9.96. The predicted octanol–water partition coefficient (Wildman–Crippen LogP) is 2.98. The van der Waals surface area contributed by atoms with Crippen molar-refractivity contribution in [3.05, 3.63) is 41.5 Å². The number of nitrogens with zero attached hydrogens (tertiary/aromatic N) is 2. The van der Waals surface area contributed by atoms with Crippen molar-refractivity contribution in [2.24, 2.45) is 5.73 Å². The molecule has 2 heterocycles. The van der Waals surface area contributed by atoms with Gasteiger partial charge >= 0.3 is 0 Å². The maximum atomic E-state index is 6.07. The highest BCUT2D eigenvalue weighted by Crippen LogP contribution is 2.31.